The van der Waals surface area contributed by atoms with E-state index >= 15 is 0 Å². The second kappa shape index (κ2) is 14.5. The van der Waals surface area contributed by atoms with Crippen molar-refractivity contribution in [2.75, 3.05) is 13.2 Å². The number of halogens is 4. The lowest BCUT2D eigenvalue weighted by Gasteiger charge is -2.32. The molecule has 266 valence electrons. The second-order valence-electron chi connectivity index (χ2n) is 13.7. The van der Waals surface area contributed by atoms with Gasteiger partial charge in [-0.05, 0) is 67.0 Å². The highest BCUT2D eigenvalue weighted by molar-refractivity contribution is 6.33. The molecule has 2 aromatic heterocycles. The Bertz CT molecular complexity index is 1830. The summed E-state index contributed by atoms with van der Waals surface area (Å²) in [6.45, 7) is 6.89. The molecule has 2 aromatic carbocycles. The first-order valence-corrected chi connectivity index (χ1v) is 16.3. The molecule has 5 rings (SSSR count). The van der Waals surface area contributed by atoms with Gasteiger partial charge in [-0.1, -0.05) is 50.6 Å². The monoisotopic (exact) mass is 713 g/mol. The van der Waals surface area contributed by atoms with Crippen LogP contribution in [0, 0.1) is 5.41 Å². The number of nitrogens with zero attached hydrogens (tertiary/aromatic N) is 6. The van der Waals surface area contributed by atoms with E-state index in [1.165, 1.54) is 35.8 Å². The average molecular weight is 714 g/mol. The number of aromatic amines is 1. The quantitative estimate of drug-likeness (QED) is 0.114. The van der Waals surface area contributed by atoms with E-state index in [2.05, 4.69) is 51.4 Å². The van der Waals surface area contributed by atoms with Crippen LogP contribution in [0.4, 0.5) is 18.0 Å². The van der Waals surface area contributed by atoms with Crippen LogP contribution in [0.25, 0.3) is 22.5 Å². The molecule has 0 unspecified atom stereocenters. The molecule has 0 bridgehead atoms. The molecule has 12 nitrogen and oxygen atoms in total. The van der Waals surface area contributed by atoms with Crippen molar-refractivity contribution in [1.82, 2.24) is 35.2 Å². The fourth-order valence-electron chi connectivity index (χ4n) is 5.05. The van der Waals surface area contributed by atoms with Crippen LogP contribution in [-0.2, 0) is 11.3 Å². The Morgan fingerprint density at radius 2 is 1.88 bits per heavy atom. The fraction of sp³-hybridized carbons (Fsp3) is 0.412. The number of H-pyrrole nitrogens is 1. The molecule has 0 spiro atoms. The van der Waals surface area contributed by atoms with Gasteiger partial charge in [0.05, 0.1) is 17.3 Å². The number of alkyl halides is 3. The van der Waals surface area contributed by atoms with Gasteiger partial charge in [0.2, 0.25) is 0 Å². The molecule has 1 aliphatic carbocycles. The van der Waals surface area contributed by atoms with Gasteiger partial charge in [0.15, 0.2) is 11.8 Å². The Morgan fingerprint density at radius 3 is 2.50 bits per heavy atom. The highest BCUT2D eigenvalue weighted by Crippen LogP contribution is 2.35. The number of guanidine groups is 1. The first-order valence-electron chi connectivity index (χ1n) is 15.9. The van der Waals surface area contributed by atoms with Crippen LogP contribution in [-0.4, -0.2) is 72.7 Å². The summed E-state index contributed by atoms with van der Waals surface area (Å²) in [7, 11) is 0. The predicted octanol–water partition coefficient (Wildman–Crippen LogP) is 6.76. The van der Waals surface area contributed by atoms with E-state index in [9.17, 15) is 22.8 Å². The zero-order valence-electron chi connectivity index (χ0n) is 28.1. The number of aromatic nitrogens is 5. The molecule has 0 aliphatic heterocycles. The van der Waals surface area contributed by atoms with E-state index in [1.807, 2.05) is 6.92 Å². The van der Waals surface area contributed by atoms with Crippen molar-refractivity contribution in [3.05, 3.63) is 77.3 Å². The Labute approximate surface area is 292 Å². The highest BCUT2D eigenvalue weighted by atomic mass is 35.5. The number of rotatable bonds is 11. The zero-order chi connectivity index (χ0) is 36.3. The molecule has 1 atom stereocenters. The molecule has 0 radical (unpaired) electrons. The van der Waals surface area contributed by atoms with Gasteiger partial charge in [0, 0.05) is 35.0 Å². The lowest BCUT2D eigenvalue weighted by atomic mass is 9.92. The molecule has 2 amide bonds. The van der Waals surface area contributed by atoms with E-state index in [0.717, 1.165) is 17.5 Å². The van der Waals surface area contributed by atoms with Crippen molar-refractivity contribution < 1.29 is 27.5 Å². The number of nitrogens with one attached hydrogen (secondary N) is 2. The van der Waals surface area contributed by atoms with E-state index in [0.29, 0.717) is 46.1 Å². The maximum Gasteiger partial charge on any atom is 0.408 e. The summed E-state index contributed by atoms with van der Waals surface area (Å²) in [6, 6.07) is 10.3. The molecule has 16 heteroatoms. The zero-order valence-corrected chi connectivity index (χ0v) is 28.8. The molecular formula is C34H39ClF3N9O3. The highest BCUT2D eigenvalue weighted by Gasteiger charge is 2.40. The van der Waals surface area contributed by atoms with Crippen molar-refractivity contribution in [3.63, 3.8) is 0 Å². The Kier molecular flexibility index (Phi) is 10.6. The SMILES string of the molecule is CC(C)(C)CCN=C(N)N(C(=O)c1ccc(-c2cnn(CC(F)(F)F)c2)cc1)[C@H](COC(=O)NC1(C)CC1)c1ccc(Cl)c(-c2ncn[nH]2)c1. The Balaban J connectivity index is 1.52. The van der Waals surface area contributed by atoms with E-state index in [4.69, 9.17) is 22.1 Å². The van der Waals surface area contributed by atoms with Crippen LogP contribution < -0.4 is 11.1 Å². The average Bonchev–Trinajstić information content (AvgIpc) is 3.38. The number of hydrogen-bond donors (Lipinski definition) is 3. The minimum atomic E-state index is -4.42. The molecule has 1 saturated carbocycles. The number of alkyl carbamates (subject to hydrolysis) is 1. The summed E-state index contributed by atoms with van der Waals surface area (Å²) < 4.78 is 45.1. The minimum absolute atomic E-state index is 0.0654. The van der Waals surface area contributed by atoms with Gasteiger partial charge in [0.25, 0.3) is 5.91 Å². The minimum Gasteiger partial charge on any atom is -0.447 e. The third-order valence-electron chi connectivity index (χ3n) is 8.17. The standard InChI is InChI=1S/C34H39ClF3N9O3/c1-32(2,3)13-14-40-30(39)47(29(48)22-7-5-21(6-8-22)24-16-43-46(17-24)19-34(36,37)38)27(18-50-31(49)44-33(4)11-12-33)23-9-10-26(35)25(15-23)28-41-20-42-45-28/h5-10,15-17,20,27H,11-14,18-19H2,1-4H3,(H2,39,40)(H,44,49)(H,41,42,45)/t27-/m1/s1. The molecule has 1 aliphatic rings. The van der Waals surface area contributed by atoms with E-state index in [-0.39, 0.29) is 29.1 Å². The van der Waals surface area contributed by atoms with Gasteiger partial charge in [0.1, 0.15) is 19.5 Å². The maximum atomic E-state index is 14.4. The second-order valence-corrected chi connectivity index (χ2v) is 14.1. The number of carbonyl (C=O) groups excluding carboxylic acids is 2. The van der Waals surface area contributed by atoms with Crippen molar-refractivity contribution in [2.45, 2.75) is 71.3 Å². The third kappa shape index (κ3) is 9.61. The number of benzene rings is 2. The number of amides is 2. The summed E-state index contributed by atoms with van der Waals surface area (Å²) in [5.74, 6) is -0.272. The predicted molar refractivity (Wildman–Crippen MR) is 182 cm³/mol. The molecule has 50 heavy (non-hydrogen) atoms. The summed E-state index contributed by atoms with van der Waals surface area (Å²) in [6.07, 6.45) is 1.18. The summed E-state index contributed by atoms with van der Waals surface area (Å²) in [5, 5.41) is 13.7. The molecular weight excluding hydrogens is 675 g/mol. The van der Waals surface area contributed by atoms with Gasteiger partial charge in [-0.25, -0.2) is 9.78 Å². The van der Waals surface area contributed by atoms with Crippen molar-refractivity contribution in [3.8, 4) is 22.5 Å². The summed E-state index contributed by atoms with van der Waals surface area (Å²) >= 11 is 6.54. The topological polar surface area (TPSA) is 156 Å². The van der Waals surface area contributed by atoms with Crippen molar-refractivity contribution in [2.24, 2.45) is 16.1 Å². The Morgan fingerprint density at radius 1 is 1.16 bits per heavy atom. The number of hydrogen-bond acceptors (Lipinski definition) is 7. The molecule has 4 aromatic rings. The third-order valence-corrected chi connectivity index (χ3v) is 8.50. The van der Waals surface area contributed by atoms with Crippen LogP contribution in [0.2, 0.25) is 5.02 Å². The van der Waals surface area contributed by atoms with Crippen LogP contribution >= 0.6 is 11.6 Å². The number of nitrogens with two attached hydrogens (primary N) is 1. The van der Waals surface area contributed by atoms with Gasteiger partial charge in [-0.2, -0.15) is 23.4 Å². The normalized spacial score (nSPS) is 15.0. The van der Waals surface area contributed by atoms with Gasteiger partial charge in [-0.15, -0.1) is 0 Å². The molecule has 0 saturated heterocycles. The lowest BCUT2D eigenvalue weighted by molar-refractivity contribution is -0.142. The first-order chi connectivity index (χ1) is 23.5. The maximum absolute atomic E-state index is 14.4. The molecule has 4 N–H and O–H groups in total. The van der Waals surface area contributed by atoms with E-state index in [1.54, 1.807) is 30.3 Å². The van der Waals surface area contributed by atoms with Crippen LogP contribution in [0.3, 0.4) is 0 Å². The number of ether oxygens (including phenoxy) is 1. The number of aliphatic imine (C=N–C) groups is 1. The molecule has 2 heterocycles. The van der Waals surface area contributed by atoms with Crippen LogP contribution in [0.1, 0.15) is 68.9 Å². The fourth-order valence-corrected chi connectivity index (χ4v) is 5.26. The lowest BCUT2D eigenvalue weighted by Crippen LogP contribution is -2.47. The van der Waals surface area contributed by atoms with Gasteiger partial charge >= 0.3 is 12.3 Å². The summed E-state index contributed by atoms with van der Waals surface area (Å²) in [5.41, 5.74) is 8.41. The summed E-state index contributed by atoms with van der Waals surface area (Å²) in [4.78, 5) is 37.4. The number of carbonyl (C=O) groups is 2. The van der Waals surface area contributed by atoms with Crippen LogP contribution in [0.15, 0.2) is 66.2 Å². The van der Waals surface area contributed by atoms with Crippen molar-refractivity contribution in [1.29, 1.82) is 0 Å². The molecule has 1 fully saturated rings. The van der Waals surface area contributed by atoms with Gasteiger partial charge < -0.3 is 15.8 Å². The largest absolute Gasteiger partial charge is 0.447 e. The van der Waals surface area contributed by atoms with Crippen LogP contribution in [0.5, 0.6) is 0 Å². The van der Waals surface area contributed by atoms with E-state index < -0.39 is 30.8 Å². The first kappa shape index (κ1) is 36.4. The van der Waals surface area contributed by atoms with Gasteiger partial charge in [-0.3, -0.25) is 24.5 Å². The Hall–Kier alpha value is -4.92. The smallest absolute Gasteiger partial charge is 0.408 e. The van der Waals surface area contributed by atoms with Crippen molar-refractivity contribution >= 4 is 29.6 Å².